The predicted molar refractivity (Wildman–Crippen MR) is 83.3 cm³/mol. The largest absolute Gasteiger partial charge is 0.449 e. The highest BCUT2D eigenvalue weighted by Gasteiger charge is 2.19. The summed E-state index contributed by atoms with van der Waals surface area (Å²) >= 11 is 0. The van der Waals surface area contributed by atoms with Crippen LogP contribution in [0.15, 0.2) is 42.6 Å². The van der Waals surface area contributed by atoms with Crippen LogP contribution in [0.5, 0.6) is 0 Å². The monoisotopic (exact) mass is 299 g/mol. The number of rotatable bonds is 4. The van der Waals surface area contributed by atoms with E-state index >= 15 is 0 Å². The Kier molecular flexibility index (Phi) is 4.73. The van der Waals surface area contributed by atoms with Gasteiger partial charge in [-0.3, -0.25) is 4.79 Å². The summed E-state index contributed by atoms with van der Waals surface area (Å²) in [6, 6.07) is 9.92. The summed E-state index contributed by atoms with van der Waals surface area (Å²) in [4.78, 5) is 28.0. The lowest BCUT2D eigenvalue weighted by Crippen LogP contribution is -2.30. The number of amides is 1. The number of hydrogen-bond acceptors (Lipinski definition) is 5. The first-order chi connectivity index (χ1) is 10.5. The van der Waals surface area contributed by atoms with Crippen LogP contribution in [0.4, 0.5) is 11.5 Å². The molecular formula is C16H17N3O3. The fourth-order valence-corrected chi connectivity index (χ4v) is 1.78. The fraction of sp³-hybridized carbons (Fsp3) is 0.188. The summed E-state index contributed by atoms with van der Waals surface area (Å²) in [7, 11) is 0. The van der Waals surface area contributed by atoms with Gasteiger partial charge in [-0.1, -0.05) is 6.07 Å². The maximum Gasteiger partial charge on any atom is 0.338 e. The van der Waals surface area contributed by atoms with Crippen LogP contribution in [0.3, 0.4) is 0 Å². The number of pyridine rings is 1. The molecule has 0 aliphatic rings. The van der Waals surface area contributed by atoms with Crippen LogP contribution >= 0.6 is 0 Å². The third kappa shape index (κ3) is 4.05. The van der Waals surface area contributed by atoms with Gasteiger partial charge in [0.25, 0.3) is 5.91 Å². The number of carbonyl (C=O) groups is 2. The Labute approximate surface area is 128 Å². The van der Waals surface area contributed by atoms with Crippen LogP contribution in [-0.4, -0.2) is 23.0 Å². The number of hydrogen-bond donors (Lipinski definition) is 2. The standard InChI is InChI=1S/C16H17N3O3/c1-10-6-7-18-14(8-10)19-15(20)11(2)22-16(21)12-4-3-5-13(17)9-12/h3-9,11H,17H2,1-2H3,(H,18,19,20). The molecule has 0 spiro atoms. The van der Waals surface area contributed by atoms with Gasteiger partial charge < -0.3 is 15.8 Å². The van der Waals surface area contributed by atoms with E-state index in [0.29, 0.717) is 17.1 Å². The van der Waals surface area contributed by atoms with E-state index in [-0.39, 0.29) is 0 Å². The molecule has 0 bridgehead atoms. The van der Waals surface area contributed by atoms with E-state index in [1.165, 1.54) is 13.0 Å². The lowest BCUT2D eigenvalue weighted by atomic mass is 10.2. The molecule has 22 heavy (non-hydrogen) atoms. The van der Waals surface area contributed by atoms with E-state index in [1.54, 1.807) is 30.5 Å². The van der Waals surface area contributed by atoms with Gasteiger partial charge in [0.15, 0.2) is 6.10 Å². The molecule has 0 aliphatic heterocycles. The Balaban J connectivity index is 1.98. The molecule has 114 valence electrons. The molecule has 2 aromatic rings. The molecule has 0 radical (unpaired) electrons. The van der Waals surface area contributed by atoms with Crippen LogP contribution < -0.4 is 11.1 Å². The second-order valence-corrected chi connectivity index (χ2v) is 4.88. The molecule has 1 unspecified atom stereocenters. The smallest absolute Gasteiger partial charge is 0.338 e. The zero-order chi connectivity index (χ0) is 16.1. The molecule has 1 heterocycles. The average molecular weight is 299 g/mol. The van der Waals surface area contributed by atoms with Crippen molar-refractivity contribution in [3.05, 3.63) is 53.7 Å². The predicted octanol–water partition coefficient (Wildman–Crippen LogP) is 2.16. The minimum Gasteiger partial charge on any atom is -0.449 e. The van der Waals surface area contributed by atoms with Crippen molar-refractivity contribution in [1.29, 1.82) is 0 Å². The zero-order valence-electron chi connectivity index (χ0n) is 12.4. The highest BCUT2D eigenvalue weighted by Crippen LogP contribution is 2.11. The molecule has 6 nitrogen and oxygen atoms in total. The molecule has 6 heteroatoms. The van der Waals surface area contributed by atoms with Crippen LogP contribution in [0.25, 0.3) is 0 Å². The minimum absolute atomic E-state index is 0.299. The first kappa shape index (κ1) is 15.5. The SMILES string of the molecule is Cc1ccnc(NC(=O)C(C)OC(=O)c2cccc(N)c2)c1. The van der Waals surface area contributed by atoms with E-state index in [2.05, 4.69) is 10.3 Å². The van der Waals surface area contributed by atoms with Crippen molar-refractivity contribution in [2.24, 2.45) is 0 Å². The summed E-state index contributed by atoms with van der Waals surface area (Å²) in [5.41, 5.74) is 7.33. The van der Waals surface area contributed by atoms with Crippen LogP contribution in [0.1, 0.15) is 22.8 Å². The van der Waals surface area contributed by atoms with E-state index < -0.39 is 18.0 Å². The highest BCUT2D eigenvalue weighted by molar-refractivity contribution is 5.97. The van der Waals surface area contributed by atoms with Gasteiger partial charge in [-0.2, -0.15) is 0 Å². The van der Waals surface area contributed by atoms with E-state index in [1.807, 2.05) is 13.0 Å². The van der Waals surface area contributed by atoms with Crippen LogP contribution in [0, 0.1) is 6.92 Å². The highest BCUT2D eigenvalue weighted by atomic mass is 16.5. The number of carbonyl (C=O) groups excluding carboxylic acids is 2. The second-order valence-electron chi connectivity index (χ2n) is 4.88. The number of aryl methyl sites for hydroxylation is 1. The van der Waals surface area contributed by atoms with E-state index in [0.717, 1.165) is 5.56 Å². The molecule has 1 aromatic heterocycles. The Hall–Kier alpha value is -2.89. The molecular weight excluding hydrogens is 282 g/mol. The minimum atomic E-state index is -0.948. The van der Waals surface area contributed by atoms with Gasteiger partial charge in [0, 0.05) is 11.9 Å². The van der Waals surface area contributed by atoms with Gasteiger partial charge in [-0.15, -0.1) is 0 Å². The van der Waals surface area contributed by atoms with Gasteiger partial charge in [-0.05, 0) is 49.7 Å². The Bertz CT molecular complexity index is 701. The molecule has 2 rings (SSSR count). The zero-order valence-corrected chi connectivity index (χ0v) is 12.4. The van der Waals surface area contributed by atoms with Crippen LogP contribution in [0.2, 0.25) is 0 Å². The quantitative estimate of drug-likeness (QED) is 0.666. The van der Waals surface area contributed by atoms with Gasteiger partial charge >= 0.3 is 5.97 Å². The first-order valence-electron chi connectivity index (χ1n) is 6.76. The van der Waals surface area contributed by atoms with Gasteiger partial charge in [-0.25, -0.2) is 9.78 Å². The van der Waals surface area contributed by atoms with Crippen molar-refractivity contribution in [3.8, 4) is 0 Å². The van der Waals surface area contributed by atoms with Crippen LogP contribution in [-0.2, 0) is 9.53 Å². The Morgan fingerprint density at radius 3 is 2.73 bits per heavy atom. The molecule has 3 N–H and O–H groups in total. The van der Waals surface area contributed by atoms with Crippen molar-refractivity contribution in [2.45, 2.75) is 20.0 Å². The number of benzene rings is 1. The number of nitrogens with two attached hydrogens (primary N) is 1. The van der Waals surface area contributed by atoms with Gasteiger partial charge in [0.1, 0.15) is 5.82 Å². The maximum atomic E-state index is 12.0. The summed E-state index contributed by atoms with van der Waals surface area (Å²) in [6.07, 6.45) is 0.644. The van der Waals surface area contributed by atoms with Gasteiger partial charge in [0.2, 0.25) is 0 Å². The Morgan fingerprint density at radius 1 is 1.27 bits per heavy atom. The second kappa shape index (κ2) is 6.71. The summed E-state index contributed by atoms with van der Waals surface area (Å²) in [5, 5.41) is 2.60. The molecule has 0 aliphatic carbocycles. The molecule has 1 atom stereocenters. The number of esters is 1. The van der Waals surface area contributed by atoms with Crippen molar-refractivity contribution >= 4 is 23.4 Å². The Morgan fingerprint density at radius 2 is 2.05 bits per heavy atom. The summed E-state index contributed by atoms with van der Waals surface area (Å²) in [6.45, 7) is 3.38. The molecule has 0 saturated carbocycles. The van der Waals surface area contributed by atoms with Crippen molar-refractivity contribution in [2.75, 3.05) is 11.1 Å². The topological polar surface area (TPSA) is 94.3 Å². The van der Waals surface area contributed by atoms with Gasteiger partial charge in [0.05, 0.1) is 5.56 Å². The summed E-state index contributed by atoms with van der Waals surface area (Å²) in [5.74, 6) is -0.639. The lowest BCUT2D eigenvalue weighted by Gasteiger charge is -2.13. The number of aromatic nitrogens is 1. The molecule has 0 saturated heterocycles. The van der Waals surface area contributed by atoms with Crippen molar-refractivity contribution in [3.63, 3.8) is 0 Å². The number of nitrogens with one attached hydrogen (secondary N) is 1. The van der Waals surface area contributed by atoms with E-state index in [4.69, 9.17) is 10.5 Å². The number of nitrogen functional groups attached to an aromatic ring is 1. The third-order valence-corrected chi connectivity index (χ3v) is 2.94. The number of anilines is 2. The fourth-order valence-electron chi connectivity index (χ4n) is 1.78. The van der Waals surface area contributed by atoms with Crippen molar-refractivity contribution < 1.29 is 14.3 Å². The number of nitrogens with zero attached hydrogens (tertiary/aromatic N) is 1. The molecule has 1 aromatic carbocycles. The average Bonchev–Trinajstić information content (AvgIpc) is 2.47. The third-order valence-electron chi connectivity index (χ3n) is 2.94. The normalized spacial score (nSPS) is 11.5. The maximum absolute atomic E-state index is 12.0. The molecule has 0 fully saturated rings. The number of ether oxygens (including phenoxy) is 1. The molecule has 1 amide bonds. The first-order valence-corrected chi connectivity index (χ1v) is 6.76. The van der Waals surface area contributed by atoms with Crippen molar-refractivity contribution in [1.82, 2.24) is 4.98 Å². The van der Waals surface area contributed by atoms with E-state index in [9.17, 15) is 9.59 Å². The lowest BCUT2D eigenvalue weighted by molar-refractivity contribution is -0.123. The summed E-state index contributed by atoms with van der Waals surface area (Å²) < 4.78 is 5.12.